The van der Waals surface area contributed by atoms with Crippen LogP contribution in [0.4, 0.5) is 0 Å². The van der Waals surface area contributed by atoms with E-state index in [1.807, 2.05) is 23.1 Å². The summed E-state index contributed by atoms with van der Waals surface area (Å²) in [7, 11) is 1.77. The van der Waals surface area contributed by atoms with Gasteiger partial charge in [-0.15, -0.1) is 0 Å². The number of likely N-dealkylation sites (tertiary alicyclic amines) is 1. The highest BCUT2D eigenvalue weighted by molar-refractivity contribution is 5.93. The highest BCUT2D eigenvalue weighted by Crippen LogP contribution is 2.52. The molecule has 2 aromatic rings. The van der Waals surface area contributed by atoms with Gasteiger partial charge in [0, 0.05) is 25.7 Å². The molecular formula is C24H26N2O4. The van der Waals surface area contributed by atoms with E-state index < -0.39 is 17.4 Å². The summed E-state index contributed by atoms with van der Waals surface area (Å²) in [6.07, 6.45) is 6.85. The summed E-state index contributed by atoms with van der Waals surface area (Å²) in [4.78, 5) is 30.2. The van der Waals surface area contributed by atoms with Gasteiger partial charge in [0.15, 0.2) is 0 Å². The van der Waals surface area contributed by atoms with Gasteiger partial charge in [-0.25, -0.2) is 0 Å². The third-order valence-electron chi connectivity index (χ3n) is 6.78. The van der Waals surface area contributed by atoms with Crippen LogP contribution in [0.25, 0.3) is 0 Å². The van der Waals surface area contributed by atoms with Crippen LogP contribution in [0.2, 0.25) is 0 Å². The van der Waals surface area contributed by atoms with Crippen molar-refractivity contribution < 1.29 is 18.7 Å². The Morgan fingerprint density at radius 2 is 2.07 bits per heavy atom. The van der Waals surface area contributed by atoms with Crippen molar-refractivity contribution in [3.63, 3.8) is 0 Å². The first-order valence-electron chi connectivity index (χ1n) is 10.4. The molecule has 3 aliphatic heterocycles. The molecule has 1 aromatic carbocycles. The predicted octanol–water partition coefficient (Wildman–Crippen LogP) is 2.84. The van der Waals surface area contributed by atoms with Crippen LogP contribution in [-0.4, -0.2) is 46.9 Å². The van der Waals surface area contributed by atoms with Gasteiger partial charge in [-0.1, -0.05) is 30.4 Å². The Hall–Kier alpha value is -2.86. The van der Waals surface area contributed by atoms with Gasteiger partial charge < -0.3 is 19.0 Å². The summed E-state index contributed by atoms with van der Waals surface area (Å²) < 4.78 is 11.4. The lowest BCUT2D eigenvalue weighted by Gasteiger charge is -2.27. The van der Waals surface area contributed by atoms with E-state index in [9.17, 15) is 9.59 Å². The number of carbonyl (C=O) groups excluding carboxylic acids is 2. The van der Waals surface area contributed by atoms with Gasteiger partial charge in [-0.05, 0) is 36.6 Å². The average molecular weight is 406 g/mol. The van der Waals surface area contributed by atoms with E-state index >= 15 is 0 Å². The van der Waals surface area contributed by atoms with Gasteiger partial charge in [0.2, 0.25) is 11.8 Å². The van der Waals surface area contributed by atoms with E-state index in [-0.39, 0.29) is 17.9 Å². The van der Waals surface area contributed by atoms with Gasteiger partial charge in [0.05, 0.1) is 37.0 Å². The molecule has 0 radical (unpaired) electrons. The topological polar surface area (TPSA) is 63.0 Å². The van der Waals surface area contributed by atoms with Gasteiger partial charge >= 0.3 is 0 Å². The second-order valence-corrected chi connectivity index (χ2v) is 8.84. The predicted molar refractivity (Wildman–Crippen MR) is 110 cm³/mol. The number of furan rings is 1. The lowest BCUT2D eigenvalue weighted by atomic mass is 9.76. The maximum atomic E-state index is 13.4. The number of fused-ring (bicyclic) bond motifs is 1. The molecule has 30 heavy (non-hydrogen) atoms. The Morgan fingerprint density at radius 3 is 2.80 bits per heavy atom. The van der Waals surface area contributed by atoms with Crippen molar-refractivity contribution in [1.29, 1.82) is 0 Å². The quantitative estimate of drug-likeness (QED) is 0.717. The highest BCUT2D eigenvalue weighted by atomic mass is 16.5. The van der Waals surface area contributed by atoms with Crippen LogP contribution in [0.1, 0.15) is 22.3 Å². The van der Waals surface area contributed by atoms with E-state index in [4.69, 9.17) is 9.15 Å². The van der Waals surface area contributed by atoms with Crippen LogP contribution in [0.5, 0.6) is 0 Å². The molecule has 2 unspecified atom stereocenters. The Bertz CT molecular complexity index is 1030. The van der Waals surface area contributed by atoms with Crippen LogP contribution < -0.4 is 0 Å². The van der Waals surface area contributed by atoms with Crippen LogP contribution in [-0.2, 0) is 27.4 Å². The van der Waals surface area contributed by atoms with Crippen LogP contribution in [0.3, 0.4) is 0 Å². The summed E-state index contributed by atoms with van der Waals surface area (Å²) in [6.45, 7) is 5.63. The van der Waals surface area contributed by atoms with Crippen molar-refractivity contribution in [2.45, 2.75) is 38.6 Å². The van der Waals surface area contributed by atoms with Gasteiger partial charge in [0.1, 0.15) is 5.60 Å². The molecule has 0 saturated carbocycles. The van der Waals surface area contributed by atoms with Crippen LogP contribution in [0.15, 0.2) is 53.4 Å². The molecular weight excluding hydrogens is 380 g/mol. The monoisotopic (exact) mass is 406 g/mol. The zero-order valence-electron chi connectivity index (χ0n) is 17.5. The summed E-state index contributed by atoms with van der Waals surface area (Å²) in [5.74, 6) is -0.989. The van der Waals surface area contributed by atoms with Crippen molar-refractivity contribution in [3.8, 4) is 0 Å². The molecule has 4 heterocycles. The molecule has 2 saturated heterocycles. The Balaban J connectivity index is 1.36. The number of amides is 2. The largest absolute Gasteiger partial charge is 0.472 e. The fourth-order valence-corrected chi connectivity index (χ4v) is 5.11. The van der Waals surface area contributed by atoms with Crippen molar-refractivity contribution in [1.82, 2.24) is 9.80 Å². The Morgan fingerprint density at radius 1 is 1.23 bits per heavy atom. The molecule has 0 N–H and O–H groups in total. The molecule has 156 valence electrons. The fourth-order valence-electron chi connectivity index (χ4n) is 5.11. The minimum Gasteiger partial charge on any atom is -0.472 e. The number of rotatable bonds is 5. The molecule has 1 aromatic heterocycles. The van der Waals surface area contributed by atoms with Crippen LogP contribution >= 0.6 is 0 Å². The molecule has 2 fully saturated rings. The SMILES string of the molecule is Cc1ccc(CN2C[C@@]34C=C[C@@H](O3)C(C(=O)N(C)Cc3ccoc3)C4C2=O)cc1C. The van der Waals surface area contributed by atoms with Crippen LogP contribution in [0, 0.1) is 25.7 Å². The summed E-state index contributed by atoms with van der Waals surface area (Å²) in [6, 6.07) is 8.12. The minimum absolute atomic E-state index is 0.00939. The van der Waals surface area contributed by atoms with Gasteiger partial charge in [-0.3, -0.25) is 9.59 Å². The first-order valence-corrected chi connectivity index (χ1v) is 10.4. The number of ether oxygens (including phenoxy) is 1. The lowest BCUT2D eigenvalue weighted by Crippen LogP contribution is -2.44. The van der Waals surface area contributed by atoms with Gasteiger partial charge in [0.25, 0.3) is 0 Å². The normalized spacial score (nSPS) is 29.0. The first kappa shape index (κ1) is 19.1. The van der Waals surface area contributed by atoms with Crippen molar-refractivity contribution in [2.24, 2.45) is 11.8 Å². The van der Waals surface area contributed by atoms with Crippen molar-refractivity contribution in [2.75, 3.05) is 13.6 Å². The number of hydrogen-bond donors (Lipinski definition) is 0. The summed E-state index contributed by atoms with van der Waals surface area (Å²) in [5.41, 5.74) is 3.79. The average Bonchev–Trinajstić information content (AvgIpc) is 3.47. The smallest absolute Gasteiger partial charge is 0.230 e. The van der Waals surface area contributed by atoms with E-state index in [0.717, 1.165) is 11.1 Å². The number of aryl methyl sites for hydroxylation is 2. The third kappa shape index (κ3) is 2.89. The zero-order chi connectivity index (χ0) is 21.0. The van der Waals surface area contributed by atoms with Gasteiger partial charge in [-0.2, -0.15) is 0 Å². The minimum atomic E-state index is -0.682. The molecule has 6 heteroatoms. The molecule has 3 aliphatic rings. The second-order valence-electron chi connectivity index (χ2n) is 8.84. The van der Waals surface area contributed by atoms with E-state index in [1.165, 1.54) is 11.1 Å². The maximum Gasteiger partial charge on any atom is 0.230 e. The molecule has 5 rings (SSSR count). The summed E-state index contributed by atoms with van der Waals surface area (Å²) >= 11 is 0. The Labute approximate surface area is 176 Å². The second kappa shape index (κ2) is 6.84. The fraction of sp³-hybridized carbons (Fsp3) is 0.417. The number of benzene rings is 1. The van der Waals surface area contributed by atoms with Crippen molar-refractivity contribution >= 4 is 11.8 Å². The highest BCUT2D eigenvalue weighted by Gasteiger charge is 2.67. The van der Waals surface area contributed by atoms with E-state index in [0.29, 0.717) is 19.6 Å². The summed E-state index contributed by atoms with van der Waals surface area (Å²) in [5, 5.41) is 0. The van der Waals surface area contributed by atoms with Crippen molar-refractivity contribution in [3.05, 3.63) is 71.2 Å². The Kier molecular flexibility index (Phi) is 4.36. The van der Waals surface area contributed by atoms with E-state index in [1.54, 1.807) is 24.5 Å². The molecule has 4 atom stereocenters. The third-order valence-corrected chi connectivity index (χ3v) is 6.78. The number of hydrogen-bond acceptors (Lipinski definition) is 4. The molecule has 0 aliphatic carbocycles. The lowest BCUT2D eigenvalue weighted by molar-refractivity contribution is -0.142. The number of carbonyl (C=O) groups is 2. The standard InChI is InChI=1S/C24H26N2O4/c1-15-4-5-17(10-16(15)2)12-26-14-24-8-6-19(30-24)20(21(24)23(26)28)22(27)25(3)11-18-7-9-29-13-18/h4-10,13,19-21H,11-12,14H2,1-3H3/t19-,20?,21?,24-/m1/s1. The molecule has 2 amide bonds. The molecule has 2 bridgehead atoms. The number of nitrogens with zero attached hydrogens (tertiary/aromatic N) is 2. The molecule has 1 spiro atoms. The van der Waals surface area contributed by atoms with E-state index in [2.05, 4.69) is 32.0 Å². The first-order chi connectivity index (χ1) is 14.4. The zero-order valence-corrected chi connectivity index (χ0v) is 17.5. The maximum absolute atomic E-state index is 13.4. The molecule has 6 nitrogen and oxygen atoms in total.